The minimum Gasteiger partial charge on any atom is -0.483 e. The Labute approximate surface area is 213 Å². The van der Waals surface area contributed by atoms with Crippen LogP contribution in [0.25, 0.3) is 0 Å². The highest BCUT2D eigenvalue weighted by molar-refractivity contribution is 7.92. The third-order valence-electron chi connectivity index (χ3n) is 5.44. The molecule has 0 bridgehead atoms. The number of carbonyl (C=O) groups excluding carboxylic acids is 2. The number of halogens is 1. The number of hydrogen-bond donors (Lipinski definition) is 1. The van der Waals surface area contributed by atoms with Crippen molar-refractivity contribution in [2.45, 2.75) is 17.9 Å². The summed E-state index contributed by atoms with van der Waals surface area (Å²) < 4.78 is 44.1. The van der Waals surface area contributed by atoms with Crippen molar-refractivity contribution in [2.24, 2.45) is 0 Å². The lowest BCUT2D eigenvalue weighted by molar-refractivity contribution is -0.148. The molecule has 0 saturated carbocycles. The number of methoxy groups -OCH3 is 1. The summed E-state index contributed by atoms with van der Waals surface area (Å²) >= 11 is 5.85. The Morgan fingerprint density at radius 2 is 1.83 bits per heavy atom. The maximum absolute atomic E-state index is 13.0. The third kappa shape index (κ3) is 5.55. The molecule has 0 aliphatic carbocycles. The van der Waals surface area contributed by atoms with E-state index in [1.54, 1.807) is 55.5 Å². The number of ether oxygens (including phenoxy) is 3. The van der Waals surface area contributed by atoms with Crippen molar-refractivity contribution in [3.63, 3.8) is 0 Å². The van der Waals surface area contributed by atoms with Gasteiger partial charge in [-0.15, -0.1) is 0 Å². The van der Waals surface area contributed by atoms with Gasteiger partial charge in [0, 0.05) is 10.7 Å². The zero-order chi connectivity index (χ0) is 25.9. The normalized spacial score (nSPS) is 14.9. The highest BCUT2D eigenvalue weighted by Crippen LogP contribution is 2.33. The molecule has 1 atom stereocenters. The number of anilines is 2. The fraction of sp³-hybridized carbons (Fsp3) is 0.200. The zero-order valence-electron chi connectivity index (χ0n) is 19.4. The second-order valence-corrected chi connectivity index (χ2v) is 10.0. The van der Waals surface area contributed by atoms with Crippen molar-refractivity contribution in [3.05, 3.63) is 77.3 Å². The number of esters is 1. The standard InChI is InChI=1S/C25H23ClN2O7S/c1-16-13-19(36(31,32)27-18-9-7-17(26)8-10-18)11-12-21(16)34-15-24(29)28-14-23(25(30)33-2)35-22-6-4-3-5-20(22)28/h3-13,23,27H,14-15H2,1-2H3/t23-/m1/s1. The number of carbonyl (C=O) groups is 2. The SMILES string of the molecule is COC(=O)[C@H]1CN(C(=O)COc2ccc(S(=O)(=O)Nc3ccc(Cl)cc3)cc2C)c2ccccc2O1. The fourth-order valence-corrected chi connectivity index (χ4v) is 4.89. The number of amides is 1. The van der Waals surface area contributed by atoms with E-state index in [1.807, 2.05) is 0 Å². The Bertz CT molecular complexity index is 1390. The molecule has 9 nitrogen and oxygen atoms in total. The zero-order valence-corrected chi connectivity index (χ0v) is 21.0. The van der Waals surface area contributed by atoms with Gasteiger partial charge in [-0.1, -0.05) is 23.7 Å². The lowest BCUT2D eigenvalue weighted by atomic mass is 10.2. The van der Waals surface area contributed by atoms with Crippen LogP contribution >= 0.6 is 11.6 Å². The maximum Gasteiger partial charge on any atom is 0.348 e. The second kappa shape index (κ2) is 10.5. The number of rotatable bonds is 7. The smallest absolute Gasteiger partial charge is 0.348 e. The molecule has 36 heavy (non-hydrogen) atoms. The van der Waals surface area contributed by atoms with Crippen LogP contribution in [0.4, 0.5) is 11.4 Å². The summed E-state index contributed by atoms with van der Waals surface area (Å²) in [5, 5.41) is 0.492. The first kappa shape index (κ1) is 25.3. The summed E-state index contributed by atoms with van der Waals surface area (Å²) in [6.45, 7) is 1.31. The number of benzene rings is 3. The van der Waals surface area contributed by atoms with Crippen molar-refractivity contribution in [3.8, 4) is 11.5 Å². The van der Waals surface area contributed by atoms with Crippen LogP contribution in [0.1, 0.15) is 5.56 Å². The summed E-state index contributed by atoms with van der Waals surface area (Å²) in [4.78, 5) is 26.5. The number of para-hydroxylation sites is 2. The molecule has 3 aromatic carbocycles. The van der Waals surface area contributed by atoms with Crippen LogP contribution < -0.4 is 19.1 Å². The number of hydrogen-bond acceptors (Lipinski definition) is 7. The topological polar surface area (TPSA) is 111 Å². The van der Waals surface area contributed by atoms with Crippen molar-refractivity contribution in [1.82, 2.24) is 0 Å². The Morgan fingerprint density at radius 1 is 1.11 bits per heavy atom. The first-order valence-corrected chi connectivity index (χ1v) is 12.7. The van der Waals surface area contributed by atoms with Crippen LogP contribution in [0.15, 0.2) is 71.6 Å². The van der Waals surface area contributed by atoms with Crippen molar-refractivity contribution in [2.75, 3.05) is 29.9 Å². The summed E-state index contributed by atoms with van der Waals surface area (Å²) in [5.41, 5.74) is 1.41. The van der Waals surface area contributed by atoms with Crippen molar-refractivity contribution < 1.29 is 32.2 Å². The molecule has 0 saturated heterocycles. The van der Waals surface area contributed by atoms with Crippen LogP contribution in [-0.4, -0.2) is 46.7 Å². The van der Waals surface area contributed by atoms with Gasteiger partial charge in [0.2, 0.25) is 6.10 Å². The number of sulfonamides is 1. The number of fused-ring (bicyclic) bond motifs is 1. The molecule has 3 aromatic rings. The lowest BCUT2D eigenvalue weighted by Gasteiger charge is -2.33. The predicted molar refractivity (Wildman–Crippen MR) is 134 cm³/mol. The predicted octanol–water partition coefficient (Wildman–Crippen LogP) is 3.80. The molecule has 0 fully saturated rings. The van der Waals surface area contributed by atoms with E-state index in [0.717, 1.165) is 0 Å². The molecule has 4 rings (SSSR count). The van der Waals surface area contributed by atoms with Gasteiger partial charge in [-0.2, -0.15) is 0 Å². The van der Waals surface area contributed by atoms with E-state index < -0.39 is 28.0 Å². The Kier molecular flexibility index (Phi) is 7.37. The monoisotopic (exact) mass is 530 g/mol. The highest BCUT2D eigenvalue weighted by Gasteiger charge is 2.34. The molecule has 0 spiro atoms. The summed E-state index contributed by atoms with van der Waals surface area (Å²) in [5.74, 6) is -0.269. The van der Waals surface area contributed by atoms with Crippen LogP contribution in [0, 0.1) is 6.92 Å². The van der Waals surface area contributed by atoms with Crippen LogP contribution in [-0.2, 0) is 24.3 Å². The molecule has 1 aliphatic rings. The van der Waals surface area contributed by atoms with Gasteiger partial charge >= 0.3 is 5.97 Å². The first-order valence-electron chi connectivity index (χ1n) is 10.8. The quantitative estimate of drug-likeness (QED) is 0.462. The summed E-state index contributed by atoms with van der Waals surface area (Å²) in [6, 6.07) is 17.5. The molecule has 0 aromatic heterocycles. The lowest BCUT2D eigenvalue weighted by Crippen LogP contribution is -2.48. The Hall–Kier alpha value is -3.76. The number of aryl methyl sites for hydroxylation is 1. The molecule has 1 amide bonds. The Balaban J connectivity index is 1.46. The van der Waals surface area contributed by atoms with E-state index in [2.05, 4.69) is 4.72 Å². The fourth-order valence-electron chi connectivity index (χ4n) is 3.63. The van der Waals surface area contributed by atoms with Gasteiger partial charge < -0.3 is 19.1 Å². The van der Waals surface area contributed by atoms with Gasteiger partial charge in [-0.3, -0.25) is 9.52 Å². The van der Waals surface area contributed by atoms with Gasteiger partial charge in [-0.25, -0.2) is 13.2 Å². The van der Waals surface area contributed by atoms with E-state index in [-0.39, 0.29) is 18.0 Å². The van der Waals surface area contributed by atoms with Gasteiger partial charge in [0.1, 0.15) is 11.5 Å². The molecule has 1 aliphatic heterocycles. The van der Waals surface area contributed by atoms with Gasteiger partial charge in [-0.05, 0) is 67.1 Å². The molecular formula is C25H23ClN2O7S. The number of nitrogens with zero attached hydrogens (tertiary/aromatic N) is 1. The third-order valence-corrected chi connectivity index (χ3v) is 7.07. The minimum absolute atomic E-state index is 0.0294. The van der Waals surface area contributed by atoms with E-state index in [9.17, 15) is 18.0 Å². The summed E-state index contributed by atoms with van der Waals surface area (Å²) in [7, 11) is -2.60. The van der Waals surface area contributed by atoms with E-state index in [4.69, 9.17) is 25.8 Å². The highest BCUT2D eigenvalue weighted by atomic mass is 35.5. The van der Waals surface area contributed by atoms with Crippen molar-refractivity contribution in [1.29, 1.82) is 0 Å². The first-order chi connectivity index (χ1) is 17.2. The second-order valence-electron chi connectivity index (χ2n) is 7.93. The maximum atomic E-state index is 13.0. The molecule has 0 radical (unpaired) electrons. The summed E-state index contributed by atoms with van der Waals surface area (Å²) in [6.07, 6.45) is -0.965. The molecular weight excluding hydrogens is 508 g/mol. The van der Waals surface area contributed by atoms with Crippen LogP contribution in [0.2, 0.25) is 5.02 Å². The average molecular weight is 531 g/mol. The molecule has 188 valence electrons. The van der Waals surface area contributed by atoms with E-state index in [1.165, 1.54) is 30.2 Å². The van der Waals surface area contributed by atoms with Crippen LogP contribution in [0.3, 0.4) is 0 Å². The van der Waals surface area contributed by atoms with Gasteiger partial charge in [0.25, 0.3) is 15.9 Å². The number of nitrogens with one attached hydrogen (secondary N) is 1. The largest absolute Gasteiger partial charge is 0.483 e. The Morgan fingerprint density at radius 3 is 2.53 bits per heavy atom. The minimum atomic E-state index is -3.85. The average Bonchev–Trinajstić information content (AvgIpc) is 2.87. The van der Waals surface area contributed by atoms with Gasteiger partial charge in [0.15, 0.2) is 6.61 Å². The van der Waals surface area contributed by atoms with E-state index >= 15 is 0 Å². The molecule has 1 heterocycles. The van der Waals surface area contributed by atoms with E-state index in [0.29, 0.717) is 33.5 Å². The molecule has 1 N–H and O–H groups in total. The molecule has 11 heteroatoms. The molecule has 0 unspecified atom stereocenters. The van der Waals surface area contributed by atoms with Gasteiger partial charge in [0.05, 0.1) is 24.2 Å². The van der Waals surface area contributed by atoms with Crippen molar-refractivity contribution >= 4 is 44.9 Å². The van der Waals surface area contributed by atoms with Crippen LogP contribution in [0.5, 0.6) is 11.5 Å².